The van der Waals surface area contributed by atoms with Crippen LogP contribution >= 0.6 is 0 Å². The van der Waals surface area contributed by atoms with Crippen LogP contribution in [0.4, 0.5) is 0 Å². The van der Waals surface area contributed by atoms with Crippen molar-refractivity contribution in [2.75, 3.05) is 6.61 Å². The SMILES string of the molecule is CCCCC[C@@H](O)[C@H]1N[C@H](CO)[C@@H](O)[C@@H]1O. The van der Waals surface area contributed by atoms with Crippen LogP contribution in [0.5, 0.6) is 0 Å². The highest BCUT2D eigenvalue weighted by atomic mass is 16.3. The van der Waals surface area contributed by atoms with E-state index in [1.54, 1.807) is 0 Å². The van der Waals surface area contributed by atoms with E-state index in [0.29, 0.717) is 6.42 Å². The second kappa shape index (κ2) is 6.51. The van der Waals surface area contributed by atoms with Gasteiger partial charge in [0.1, 0.15) is 0 Å². The Bertz CT molecular complexity index is 202. The standard InChI is InChI=1S/C11H23NO4/c1-2-3-4-5-8(14)9-11(16)10(15)7(6-13)12-9/h7-16H,2-6H2,1H3/t7-,8-,9-,10-,11-/m1/s1. The maximum atomic E-state index is 9.86. The van der Waals surface area contributed by atoms with E-state index in [9.17, 15) is 15.3 Å². The highest BCUT2D eigenvalue weighted by Crippen LogP contribution is 2.19. The molecule has 0 radical (unpaired) electrons. The lowest BCUT2D eigenvalue weighted by Gasteiger charge is -2.22. The topological polar surface area (TPSA) is 93.0 Å². The van der Waals surface area contributed by atoms with Crippen LogP contribution in [0, 0.1) is 0 Å². The lowest BCUT2D eigenvalue weighted by molar-refractivity contribution is -0.00441. The van der Waals surface area contributed by atoms with Crippen LogP contribution in [0.3, 0.4) is 0 Å². The third kappa shape index (κ3) is 3.15. The molecule has 0 aromatic heterocycles. The lowest BCUT2D eigenvalue weighted by Crippen LogP contribution is -2.44. The largest absolute Gasteiger partial charge is 0.395 e. The molecule has 1 aliphatic heterocycles. The molecule has 1 heterocycles. The molecule has 5 atom stereocenters. The summed E-state index contributed by atoms with van der Waals surface area (Å²) in [6.07, 6.45) is 0.953. The third-order valence-electron chi connectivity index (χ3n) is 3.25. The van der Waals surface area contributed by atoms with Crippen LogP contribution in [0.15, 0.2) is 0 Å². The summed E-state index contributed by atoms with van der Waals surface area (Å²) >= 11 is 0. The van der Waals surface area contributed by atoms with E-state index in [4.69, 9.17) is 5.11 Å². The van der Waals surface area contributed by atoms with Crippen LogP contribution in [0.1, 0.15) is 32.6 Å². The van der Waals surface area contributed by atoms with E-state index in [-0.39, 0.29) is 6.61 Å². The summed E-state index contributed by atoms with van der Waals surface area (Å²) < 4.78 is 0. The summed E-state index contributed by atoms with van der Waals surface area (Å²) in [5.74, 6) is 0. The predicted octanol–water partition coefficient (Wildman–Crippen LogP) is -1.02. The van der Waals surface area contributed by atoms with Crippen LogP contribution < -0.4 is 5.32 Å². The van der Waals surface area contributed by atoms with Gasteiger partial charge in [-0.05, 0) is 6.42 Å². The van der Waals surface area contributed by atoms with Crippen LogP contribution in [-0.2, 0) is 0 Å². The van der Waals surface area contributed by atoms with E-state index < -0.39 is 30.4 Å². The Hall–Kier alpha value is -0.200. The monoisotopic (exact) mass is 233 g/mol. The molecule has 96 valence electrons. The fourth-order valence-corrected chi connectivity index (χ4v) is 2.18. The Kier molecular flexibility index (Phi) is 5.64. The third-order valence-corrected chi connectivity index (χ3v) is 3.25. The van der Waals surface area contributed by atoms with Gasteiger partial charge in [0, 0.05) is 0 Å². The van der Waals surface area contributed by atoms with Gasteiger partial charge in [-0.25, -0.2) is 0 Å². The van der Waals surface area contributed by atoms with Gasteiger partial charge in [-0.3, -0.25) is 0 Å². The maximum Gasteiger partial charge on any atom is 0.0993 e. The van der Waals surface area contributed by atoms with Gasteiger partial charge in [-0.15, -0.1) is 0 Å². The Morgan fingerprint density at radius 2 is 1.88 bits per heavy atom. The molecule has 1 fully saturated rings. The van der Waals surface area contributed by atoms with Gasteiger partial charge in [-0.1, -0.05) is 26.2 Å². The lowest BCUT2D eigenvalue weighted by atomic mass is 9.99. The van der Waals surface area contributed by atoms with E-state index in [0.717, 1.165) is 19.3 Å². The van der Waals surface area contributed by atoms with Crippen molar-refractivity contribution in [1.29, 1.82) is 0 Å². The summed E-state index contributed by atoms with van der Waals surface area (Å²) in [7, 11) is 0. The fraction of sp³-hybridized carbons (Fsp3) is 1.00. The summed E-state index contributed by atoms with van der Waals surface area (Å²) in [5, 5.41) is 40.9. The molecule has 1 rings (SSSR count). The van der Waals surface area contributed by atoms with Crippen molar-refractivity contribution >= 4 is 0 Å². The Labute approximate surface area is 96.1 Å². The summed E-state index contributed by atoms with van der Waals surface area (Å²) in [6, 6.07) is -1.08. The molecular formula is C11H23NO4. The molecule has 16 heavy (non-hydrogen) atoms. The zero-order valence-corrected chi connectivity index (χ0v) is 9.71. The molecule has 0 aromatic carbocycles. The van der Waals surface area contributed by atoms with Crippen LogP contribution in [0.25, 0.3) is 0 Å². The van der Waals surface area contributed by atoms with E-state index in [2.05, 4.69) is 12.2 Å². The highest BCUT2D eigenvalue weighted by molar-refractivity contribution is 5.00. The molecule has 0 aromatic rings. The molecule has 0 saturated carbocycles. The van der Waals surface area contributed by atoms with Crippen molar-refractivity contribution < 1.29 is 20.4 Å². The van der Waals surface area contributed by atoms with E-state index >= 15 is 0 Å². The smallest absolute Gasteiger partial charge is 0.0993 e. The minimum atomic E-state index is -1.01. The zero-order valence-electron chi connectivity index (χ0n) is 9.71. The number of aliphatic hydroxyl groups excluding tert-OH is 4. The van der Waals surface area contributed by atoms with Crippen molar-refractivity contribution in [3.8, 4) is 0 Å². The van der Waals surface area contributed by atoms with Crippen LogP contribution in [-0.4, -0.2) is 57.4 Å². The Balaban J connectivity index is 2.41. The molecule has 0 bridgehead atoms. The molecule has 0 amide bonds. The van der Waals surface area contributed by atoms with Gasteiger partial charge in [0.2, 0.25) is 0 Å². The normalized spacial score (nSPS) is 36.6. The minimum Gasteiger partial charge on any atom is -0.395 e. The van der Waals surface area contributed by atoms with Crippen molar-refractivity contribution in [2.45, 2.75) is 63.0 Å². The minimum absolute atomic E-state index is 0.240. The van der Waals surface area contributed by atoms with Gasteiger partial charge >= 0.3 is 0 Å². The van der Waals surface area contributed by atoms with Crippen molar-refractivity contribution in [3.63, 3.8) is 0 Å². The molecule has 5 heteroatoms. The van der Waals surface area contributed by atoms with Crippen molar-refractivity contribution in [3.05, 3.63) is 0 Å². The highest BCUT2D eigenvalue weighted by Gasteiger charge is 2.43. The van der Waals surface area contributed by atoms with Crippen LogP contribution in [0.2, 0.25) is 0 Å². The number of unbranched alkanes of at least 4 members (excludes halogenated alkanes) is 2. The molecule has 5 nitrogen and oxygen atoms in total. The Morgan fingerprint density at radius 1 is 1.19 bits per heavy atom. The van der Waals surface area contributed by atoms with E-state index in [1.165, 1.54) is 0 Å². The molecule has 1 aliphatic rings. The molecule has 0 unspecified atom stereocenters. The molecule has 0 spiro atoms. The molecule has 5 N–H and O–H groups in total. The second-order valence-corrected chi connectivity index (χ2v) is 4.53. The average molecular weight is 233 g/mol. The summed E-state index contributed by atoms with van der Waals surface area (Å²) in [5.41, 5.74) is 0. The van der Waals surface area contributed by atoms with Gasteiger partial charge in [0.25, 0.3) is 0 Å². The molecule has 1 saturated heterocycles. The number of rotatable bonds is 6. The number of nitrogens with one attached hydrogen (secondary N) is 1. The number of hydrogen-bond donors (Lipinski definition) is 5. The van der Waals surface area contributed by atoms with Crippen molar-refractivity contribution in [1.82, 2.24) is 5.32 Å². The Morgan fingerprint density at radius 3 is 2.38 bits per heavy atom. The van der Waals surface area contributed by atoms with Gasteiger partial charge < -0.3 is 25.7 Å². The second-order valence-electron chi connectivity index (χ2n) is 4.53. The molecular weight excluding hydrogens is 210 g/mol. The van der Waals surface area contributed by atoms with Gasteiger partial charge in [0.05, 0.1) is 37.0 Å². The van der Waals surface area contributed by atoms with Gasteiger partial charge in [-0.2, -0.15) is 0 Å². The predicted molar refractivity (Wildman–Crippen MR) is 60.0 cm³/mol. The van der Waals surface area contributed by atoms with Crippen molar-refractivity contribution in [2.24, 2.45) is 0 Å². The summed E-state index contributed by atoms with van der Waals surface area (Å²) in [6.45, 7) is 1.84. The maximum absolute atomic E-state index is 9.86. The first-order valence-electron chi connectivity index (χ1n) is 6.03. The summed E-state index contributed by atoms with van der Waals surface area (Å²) in [4.78, 5) is 0. The molecule has 0 aliphatic carbocycles. The first kappa shape index (κ1) is 13.9. The number of aliphatic hydroxyl groups is 4. The average Bonchev–Trinajstić information content (AvgIpc) is 2.56. The first-order chi connectivity index (χ1) is 7.61. The van der Waals surface area contributed by atoms with Gasteiger partial charge in [0.15, 0.2) is 0 Å². The zero-order chi connectivity index (χ0) is 12.1. The first-order valence-corrected chi connectivity index (χ1v) is 6.03. The number of hydrogen-bond acceptors (Lipinski definition) is 5. The quantitative estimate of drug-likeness (QED) is 0.379. The fourth-order valence-electron chi connectivity index (χ4n) is 2.18. The van der Waals surface area contributed by atoms with E-state index in [1.807, 2.05) is 0 Å².